The van der Waals surface area contributed by atoms with Gasteiger partial charge in [-0.05, 0) is 18.2 Å². The highest BCUT2D eigenvalue weighted by molar-refractivity contribution is 5.61. The van der Waals surface area contributed by atoms with E-state index in [2.05, 4.69) is 0 Å². The third kappa shape index (κ3) is 2.57. The van der Waals surface area contributed by atoms with Gasteiger partial charge in [-0.3, -0.25) is 0 Å². The minimum atomic E-state index is -4.39. The topological polar surface area (TPSA) is 36.3 Å². The van der Waals surface area contributed by atoms with Gasteiger partial charge in [-0.1, -0.05) is 0 Å². The summed E-state index contributed by atoms with van der Waals surface area (Å²) in [6, 6.07) is 5.10. The molecule has 1 aliphatic heterocycles. The molecule has 3 nitrogen and oxygen atoms in total. The molecule has 0 amide bonds. The molecule has 0 bridgehead atoms. The second kappa shape index (κ2) is 4.86. The van der Waals surface area contributed by atoms with Crippen molar-refractivity contribution in [1.82, 2.24) is 0 Å². The van der Waals surface area contributed by atoms with Crippen LogP contribution in [0, 0.1) is 11.3 Å². The fourth-order valence-corrected chi connectivity index (χ4v) is 1.87. The molecular weight excluding hydrogens is 245 g/mol. The molecule has 18 heavy (non-hydrogen) atoms. The molecule has 1 aliphatic rings. The first-order valence-electron chi connectivity index (χ1n) is 5.46. The van der Waals surface area contributed by atoms with Crippen LogP contribution in [0.3, 0.4) is 0 Å². The zero-order valence-electron chi connectivity index (χ0n) is 9.50. The fourth-order valence-electron chi connectivity index (χ4n) is 1.87. The minimum absolute atomic E-state index is 0.255. The maximum atomic E-state index is 12.6. The van der Waals surface area contributed by atoms with E-state index in [0.717, 1.165) is 12.1 Å². The maximum absolute atomic E-state index is 12.6. The van der Waals surface area contributed by atoms with Gasteiger partial charge in [0.1, 0.15) is 6.07 Å². The van der Waals surface area contributed by atoms with Crippen LogP contribution in [0.1, 0.15) is 11.1 Å². The van der Waals surface area contributed by atoms with E-state index >= 15 is 0 Å². The largest absolute Gasteiger partial charge is 0.416 e. The summed E-state index contributed by atoms with van der Waals surface area (Å²) >= 11 is 0. The van der Waals surface area contributed by atoms with Gasteiger partial charge < -0.3 is 9.64 Å². The molecule has 0 saturated carbocycles. The molecule has 0 radical (unpaired) electrons. The van der Waals surface area contributed by atoms with Gasteiger partial charge in [-0.25, -0.2) is 0 Å². The van der Waals surface area contributed by atoms with Crippen molar-refractivity contribution < 1.29 is 17.9 Å². The lowest BCUT2D eigenvalue weighted by Gasteiger charge is -2.30. The van der Waals surface area contributed by atoms with Crippen LogP contribution in [-0.2, 0) is 10.9 Å². The van der Waals surface area contributed by atoms with Crippen LogP contribution in [0.15, 0.2) is 18.2 Å². The van der Waals surface area contributed by atoms with E-state index in [0.29, 0.717) is 32.0 Å². The third-order valence-corrected chi connectivity index (χ3v) is 2.80. The molecular formula is C12H11F3N2O. The van der Waals surface area contributed by atoms with Crippen molar-refractivity contribution in [3.63, 3.8) is 0 Å². The smallest absolute Gasteiger partial charge is 0.378 e. The number of benzene rings is 1. The number of rotatable bonds is 1. The van der Waals surface area contributed by atoms with E-state index in [1.54, 1.807) is 4.90 Å². The summed E-state index contributed by atoms with van der Waals surface area (Å²) in [5.41, 5.74) is -0.150. The van der Waals surface area contributed by atoms with Crippen LogP contribution in [0.4, 0.5) is 18.9 Å². The standard InChI is InChI=1S/C12H11F3N2O/c13-12(14,15)10-2-1-9(8-16)11(7-10)17-3-5-18-6-4-17/h1-2,7H,3-6H2. The molecule has 0 aromatic heterocycles. The van der Waals surface area contributed by atoms with E-state index in [1.165, 1.54) is 6.07 Å². The lowest BCUT2D eigenvalue weighted by atomic mass is 10.1. The number of morpholine rings is 1. The Morgan fingerprint density at radius 1 is 1.22 bits per heavy atom. The first-order chi connectivity index (χ1) is 8.52. The summed E-state index contributed by atoms with van der Waals surface area (Å²) in [6.45, 7) is 1.91. The van der Waals surface area contributed by atoms with Gasteiger partial charge >= 0.3 is 6.18 Å². The number of nitriles is 1. The van der Waals surface area contributed by atoms with Gasteiger partial charge in [0.2, 0.25) is 0 Å². The Labute approximate surface area is 102 Å². The average Bonchev–Trinajstić information content (AvgIpc) is 2.38. The lowest BCUT2D eigenvalue weighted by molar-refractivity contribution is -0.137. The Kier molecular flexibility index (Phi) is 3.43. The SMILES string of the molecule is N#Cc1ccc(C(F)(F)F)cc1N1CCOCC1. The van der Waals surface area contributed by atoms with Crippen LogP contribution in [-0.4, -0.2) is 26.3 Å². The molecule has 0 atom stereocenters. The molecule has 1 heterocycles. The predicted octanol–water partition coefficient (Wildman–Crippen LogP) is 2.41. The van der Waals surface area contributed by atoms with Gasteiger partial charge in [0.15, 0.2) is 0 Å². The third-order valence-electron chi connectivity index (χ3n) is 2.80. The predicted molar refractivity (Wildman–Crippen MR) is 59.2 cm³/mol. The van der Waals surface area contributed by atoms with Crippen LogP contribution < -0.4 is 4.90 Å². The number of anilines is 1. The van der Waals surface area contributed by atoms with Crippen molar-refractivity contribution in [3.05, 3.63) is 29.3 Å². The van der Waals surface area contributed by atoms with Gasteiger partial charge in [0.05, 0.1) is 30.0 Å². The monoisotopic (exact) mass is 256 g/mol. The molecule has 0 aliphatic carbocycles. The summed E-state index contributed by atoms with van der Waals surface area (Å²) in [5.74, 6) is 0. The van der Waals surface area contributed by atoms with Gasteiger partial charge in [-0.2, -0.15) is 18.4 Å². The van der Waals surface area contributed by atoms with Crippen molar-refractivity contribution >= 4 is 5.69 Å². The minimum Gasteiger partial charge on any atom is -0.378 e. The Hall–Kier alpha value is -1.74. The summed E-state index contributed by atoms with van der Waals surface area (Å²) in [5, 5.41) is 8.95. The highest BCUT2D eigenvalue weighted by Gasteiger charge is 2.31. The maximum Gasteiger partial charge on any atom is 0.416 e. The Bertz CT molecular complexity index is 473. The molecule has 6 heteroatoms. The van der Waals surface area contributed by atoms with Gasteiger partial charge in [-0.15, -0.1) is 0 Å². The number of alkyl halides is 3. The molecule has 1 saturated heterocycles. The van der Waals surface area contributed by atoms with Crippen LogP contribution >= 0.6 is 0 Å². The highest BCUT2D eigenvalue weighted by Crippen LogP contribution is 2.33. The van der Waals surface area contributed by atoms with Crippen molar-refractivity contribution in [2.45, 2.75) is 6.18 Å². The average molecular weight is 256 g/mol. The second-order valence-corrected chi connectivity index (χ2v) is 3.94. The van der Waals surface area contributed by atoms with E-state index in [1.807, 2.05) is 6.07 Å². The van der Waals surface area contributed by atoms with Gasteiger partial charge in [0, 0.05) is 13.1 Å². The van der Waals surface area contributed by atoms with Crippen LogP contribution in [0.5, 0.6) is 0 Å². The van der Waals surface area contributed by atoms with Crippen molar-refractivity contribution in [2.75, 3.05) is 31.2 Å². The Morgan fingerprint density at radius 2 is 1.89 bits per heavy atom. The molecule has 96 valence electrons. The molecule has 0 spiro atoms. The summed E-state index contributed by atoms with van der Waals surface area (Å²) in [4.78, 5) is 1.75. The summed E-state index contributed by atoms with van der Waals surface area (Å²) in [7, 11) is 0. The molecule has 0 unspecified atom stereocenters. The number of ether oxygens (including phenoxy) is 1. The molecule has 2 rings (SSSR count). The molecule has 1 aromatic rings. The number of hydrogen-bond acceptors (Lipinski definition) is 3. The summed E-state index contributed by atoms with van der Waals surface area (Å²) in [6.07, 6.45) is -4.39. The van der Waals surface area contributed by atoms with Crippen LogP contribution in [0.2, 0.25) is 0 Å². The van der Waals surface area contributed by atoms with Gasteiger partial charge in [0.25, 0.3) is 0 Å². The highest BCUT2D eigenvalue weighted by atomic mass is 19.4. The van der Waals surface area contributed by atoms with E-state index in [4.69, 9.17) is 10.00 Å². The van der Waals surface area contributed by atoms with E-state index < -0.39 is 11.7 Å². The quantitative estimate of drug-likeness (QED) is 0.774. The van der Waals surface area contributed by atoms with E-state index in [9.17, 15) is 13.2 Å². The number of nitrogens with zero attached hydrogens (tertiary/aromatic N) is 2. The Morgan fingerprint density at radius 3 is 2.44 bits per heavy atom. The number of hydrogen-bond donors (Lipinski definition) is 0. The first kappa shape index (κ1) is 12.7. The zero-order valence-corrected chi connectivity index (χ0v) is 9.50. The second-order valence-electron chi connectivity index (χ2n) is 3.94. The molecule has 0 N–H and O–H groups in total. The fraction of sp³-hybridized carbons (Fsp3) is 0.417. The van der Waals surface area contributed by atoms with Crippen molar-refractivity contribution in [3.8, 4) is 6.07 Å². The zero-order chi connectivity index (χ0) is 13.2. The summed E-state index contributed by atoms with van der Waals surface area (Å²) < 4.78 is 43.1. The molecule has 1 fully saturated rings. The van der Waals surface area contributed by atoms with Crippen LogP contribution in [0.25, 0.3) is 0 Å². The first-order valence-corrected chi connectivity index (χ1v) is 5.46. The molecule has 1 aromatic carbocycles. The van der Waals surface area contributed by atoms with E-state index in [-0.39, 0.29) is 5.56 Å². The lowest BCUT2D eigenvalue weighted by Crippen LogP contribution is -2.36. The Balaban J connectivity index is 2.39. The normalized spacial score (nSPS) is 16.4. The number of halogens is 3. The van der Waals surface area contributed by atoms with Crippen molar-refractivity contribution in [2.24, 2.45) is 0 Å². The van der Waals surface area contributed by atoms with Crippen molar-refractivity contribution in [1.29, 1.82) is 5.26 Å².